The normalized spacial score (nSPS) is 15.7. The molecule has 1 heterocycles. The van der Waals surface area contributed by atoms with E-state index in [0.29, 0.717) is 17.1 Å². The van der Waals surface area contributed by atoms with Crippen molar-refractivity contribution in [1.29, 1.82) is 0 Å². The summed E-state index contributed by atoms with van der Waals surface area (Å²) in [6.45, 7) is 3.80. The van der Waals surface area contributed by atoms with Crippen LogP contribution in [0.1, 0.15) is 23.2 Å². The van der Waals surface area contributed by atoms with Crippen LogP contribution in [0.4, 0.5) is 0 Å². The number of aromatic hydroxyl groups is 1. The number of phenols is 1. The fourth-order valence-electron chi connectivity index (χ4n) is 2.28. The van der Waals surface area contributed by atoms with E-state index in [1.165, 1.54) is 25.0 Å². The average Bonchev–Trinajstić information content (AvgIpc) is 2.91. The molecule has 0 unspecified atom stereocenters. The first-order valence-corrected chi connectivity index (χ1v) is 6.92. The molecule has 0 saturated carbocycles. The van der Waals surface area contributed by atoms with Gasteiger partial charge in [0.15, 0.2) is 0 Å². The molecule has 1 fully saturated rings. The first-order chi connectivity index (χ1) is 9.08. The number of amides is 1. The summed E-state index contributed by atoms with van der Waals surface area (Å²) in [5, 5.41) is 9.80. The molecule has 1 saturated heterocycles. The summed E-state index contributed by atoms with van der Waals surface area (Å²) in [7, 11) is 1.76. The van der Waals surface area contributed by atoms with Crippen molar-refractivity contribution in [2.45, 2.75) is 12.8 Å². The molecular formula is C14H19ClN2O2. The van der Waals surface area contributed by atoms with Crippen LogP contribution in [0.2, 0.25) is 5.02 Å². The van der Waals surface area contributed by atoms with Crippen molar-refractivity contribution >= 4 is 17.5 Å². The van der Waals surface area contributed by atoms with Gasteiger partial charge in [0.1, 0.15) is 5.75 Å². The second-order valence-electron chi connectivity index (χ2n) is 4.94. The van der Waals surface area contributed by atoms with Crippen LogP contribution < -0.4 is 0 Å². The third-order valence-corrected chi connectivity index (χ3v) is 3.81. The zero-order valence-corrected chi connectivity index (χ0v) is 11.9. The summed E-state index contributed by atoms with van der Waals surface area (Å²) in [6.07, 6.45) is 2.49. The Kier molecular flexibility index (Phi) is 4.66. The molecule has 4 nitrogen and oxygen atoms in total. The average molecular weight is 283 g/mol. The smallest absolute Gasteiger partial charge is 0.255 e. The first kappa shape index (κ1) is 14.2. The lowest BCUT2D eigenvalue weighted by atomic mass is 10.2. The minimum atomic E-state index is -0.153. The van der Waals surface area contributed by atoms with E-state index in [-0.39, 0.29) is 11.7 Å². The van der Waals surface area contributed by atoms with Gasteiger partial charge in [-0.2, -0.15) is 0 Å². The molecule has 0 aromatic heterocycles. The van der Waals surface area contributed by atoms with E-state index < -0.39 is 0 Å². The topological polar surface area (TPSA) is 43.8 Å². The van der Waals surface area contributed by atoms with Gasteiger partial charge in [0, 0.05) is 20.1 Å². The summed E-state index contributed by atoms with van der Waals surface area (Å²) in [4.78, 5) is 16.2. The molecule has 1 aromatic rings. The third kappa shape index (κ3) is 3.61. The number of likely N-dealkylation sites (N-methyl/N-ethyl adjacent to an activating group) is 1. The molecule has 5 heteroatoms. The van der Waals surface area contributed by atoms with Crippen LogP contribution in [0, 0.1) is 0 Å². The lowest BCUT2D eigenvalue weighted by Crippen LogP contribution is -2.35. The second-order valence-corrected chi connectivity index (χ2v) is 5.35. The predicted molar refractivity (Wildman–Crippen MR) is 75.8 cm³/mol. The molecule has 0 spiro atoms. The van der Waals surface area contributed by atoms with Gasteiger partial charge in [-0.1, -0.05) is 11.6 Å². The summed E-state index contributed by atoms with van der Waals surface area (Å²) in [5.74, 6) is -0.0965. The zero-order chi connectivity index (χ0) is 13.8. The second kappa shape index (κ2) is 6.26. The van der Waals surface area contributed by atoms with Gasteiger partial charge in [0.2, 0.25) is 0 Å². The number of rotatable bonds is 4. The molecule has 19 heavy (non-hydrogen) atoms. The highest BCUT2D eigenvalue weighted by Crippen LogP contribution is 2.22. The Morgan fingerprint density at radius 1 is 1.42 bits per heavy atom. The molecule has 104 valence electrons. The van der Waals surface area contributed by atoms with Gasteiger partial charge in [0.25, 0.3) is 5.91 Å². The fourth-order valence-corrected chi connectivity index (χ4v) is 2.48. The van der Waals surface area contributed by atoms with Crippen molar-refractivity contribution in [3.8, 4) is 5.75 Å². The highest BCUT2D eigenvalue weighted by Gasteiger charge is 2.17. The van der Waals surface area contributed by atoms with Crippen LogP contribution in [-0.4, -0.2) is 54.0 Å². The van der Waals surface area contributed by atoms with Crippen molar-refractivity contribution in [2.75, 3.05) is 33.2 Å². The molecule has 2 rings (SSSR count). The Bertz CT molecular complexity index is 459. The van der Waals surface area contributed by atoms with Crippen LogP contribution in [0.3, 0.4) is 0 Å². The van der Waals surface area contributed by atoms with Gasteiger partial charge in [-0.25, -0.2) is 0 Å². The molecule has 0 radical (unpaired) electrons. The number of carbonyl (C=O) groups excluding carboxylic acids is 1. The van der Waals surface area contributed by atoms with Crippen LogP contribution in [0.5, 0.6) is 5.75 Å². The summed E-state index contributed by atoms with van der Waals surface area (Å²) >= 11 is 5.99. The first-order valence-electron chi connectivity index (χ1n) is 6.54. The fraction of sp³-hybridized carbons (Fsp3) is 0.500. The number of likely N-dealkylation sites (tertiary alicyclic amines) is 1. The summed E-state index contributed by atoms with van der Waals surface area (Å²) < 4.78 is 0. The minimum Gasteiger partial charge on any atom is -0.508 e. The monoisotopic (exact) mass is 282 g/mol. The summed E-state index contributed by atoms with van der Waals surface area (Å²) in [6, 6.07) is 4.43. The molecule has 1 aliphatic heterocycles. The van der Waals surface area contributed by atoms with Crippen molar-refractivity contribution in [1.82, 2.24) is 9.80 Å². The van der Waals surface area contributed by atoms with Crippen molar-refractivity contribution < 1.29 is 9.90 Å². The minimum absolute atomic E-state index is 0.0562. The maximum atomic E-state index is 12.2. The molecule has 1 N–H and O–H groups in total. The molecular weight excluding hydrogens is 264 g/mol. The van der Waals surface area contributed by atoms with Crippen molar-refractivity contribution in [3.63, 3.8) is 0 Å². The van der Waals surface area contributed by atoms with E-state index in [2.05, 4.69) is 4.90 Å². The molecule has 0 atom stereocenters. The van der Waals surface area contributed by atoms with E-state index in [9.17, 15) is 9.90 Å². The quantitative estimate of drug-likeness (QED) is 0.921. The maximum Gasteiger partial charge on any atom is 0.255 e. The SMILES string of the molecule is CN(CCN1CCCC1)C(=O)c1cc(O)ccc1Cl. The van der Waals surface area contributed by atoms with E-state index in [1.54, 1.807) is 18.0 Å². The largest absolute Gasteiger partial charge is 0.508 e. The predicted octanol–water partition coefficient (Wildman–Crippen LogP) is 2.21. The van der Waals surface area contributed by atoms with Crippen molar-refractivity contribution in [3.05, 3.63) is 28.8 Å². The third-order valence-electron chi connectivity index (χ3n) is 3.48. The number of hydrogen-bond acceptors (Lipinski definition) is 3. The highest BCUT2D eigenvalue weighted by molar-refractivity contribution is 6.33. The van der Waals surface area contributed by atoms with Gasteiger partial charge in [0.05, 0.1) is 10.6 Å². The van der Waals surface area contributed by atoms with E-state index in [0.717, 1.165) is 19.6 Å². The van der Waals surface area contributed by atoms with E-state index in [4.69, 9.17) is 11.6 Å². The Morgan fingerprint density at radius 3 is 2.79 bits per heavy atom. The van der Waals surface area contributed by atoms with Crippen molar-refractivity contribution in [2.24, 2.45) is 0 Å². The van der Waals surface area contributed by atoms with E-state index >= 15 is 0 Å². The van der Waals surface area contributed by atoms with Gasteiger partial charge in [-0.3, -0.25) is 4.79 Å². The molecule has 1 aliphatic rings. The number of benzene rings is 1. The van der Waals surface area contributed by atoms with Gasteiger partial charge < -0.3 is 14.9 Å². The van der Waals surface area contributed by atoms with Crippen LogP contribution in [0.25, 0.3) is 0 Å². The number of nitrogens with zero attached hydrogens (tertiary/aromatic N) is 2. The summed E-state index contributed by atoms with van der Waals surface area (Å²) in [5.41, 5.74) is 0.352. The van der Waals surface area contributed by atoms with Gasteiger partial charge in [-0.05, 0) is 44.1 Å². The van der Waals surface area contributed by atoms with Crippen LogP contribution in [-0.2, 0) is 0 Å². The maximum absolute atomic E-state index is 12.2. The highest BCUT2D eigenvalue weighted by atomic mass is 35.5. The Labute approximate surface area is 118 Å². The number of carbonyl (C=O) groups is 1. The Hall–Kier alpha value is -1.26. The zero-order valence-electron chi connectivity index (χ0n) is 11.1. The standard InChI is InChI=1S/C14H19ClN2O2/c1-16(8-9-17-6-2-3-7-17)14(19)12-10-11(18)4-5-13(12)15/h4-5,10,18H,2-3,6-9H2,1H3. The van der Waals surface area contributed by atoms with Gasteiger partial charge in [-0.15, -0.1) is 0 Å². The lowest BCUT2D eigenvalue weighted by Gasteiger charge is -2.22. The molecule has 0 bridgehead atoms. The number of halogens is 1. The lowest BCUT2D eigenvalue weighted by molar-refractivity contribution is 0.0782. The number of phenolic OH excluding ortho intramolecular Hbond substituents is 1. The molecule has 0 aliphatic carbocycles. The molecule has 1 aromatic carbocycles. The van der Waals surface area contributed by atoms with Crippen LogP contribution >= 0.6 is 11.6 Å². The van der Waals surface area contributed by atoms with E-state index in [1.807, 2.05) is 0 Å². The Balaban J connectivity index is 1.95. The van der Waals surface area contributed by atoms with Gasteiger partial charge >= 0.3 is 0 Å². The number of hydrogen-bond donors (Lipinski definition) is 1. The Morgan fingerprint density at radius 2 is 2.11 bits per heavy atom. The molecule has 1 amide bonds. The van der Waals surface area contributed by atoms with Crippen LogP contribution in [0.15, 0.2) is 18.2 Å².